The zero-order valence-corrected chi connectivity index (χ0v) is 16.1. The molecule has 0 spiro atoms. The van der Waals surface area contributed by atoms with Crippen LogP contribution >= 0.6 is 0 Å². The van der Waals surface area contributed by atoms with E-state index in [0.29, 0.717) is 32.0 Å². The zero-order chi connectivity index (χ0) is 20.4. The molecule has 1 heterocycles. The number of nitro benzene ring substituents is 1. The summed E-state index contributed by atoms with van der Waals surface area (Å²) < 4.78 is 5.40. The van der Waals surface area contributed by atoms with Crippen molar-refractivity contribution in [2.24, 2.45) is 0 Å². The lowest BCUT2D eigenvalue weighted by Crippen LogP contribution is -2.36. The van der Waals surface area contributed by atoms with Gasteiger partial charge in [0.1, 0.15) is 5.69 Å². The predicted molar refractivity (Wildman–Crippen MR) is 113 cm³/mol. The first-order chi connectivity index (χ1) is 14.0. The minimum atomic E-state index is -0.493. The third-order valence-corrected chi connectivity index (χ3v) is 5.09. The molecule has 0 bridgehead atoms. The predicted octanol–water partition coefficient (Wildman–Crippen LogP) is 4.53. The molecule has 0 radical (unpaired) electrons. The van der Waals surface area contributed by atoms with E-state index in [-0.39, 0.29) is 17.0 Å². The number of fused-ring (bicyclic) bond motifs is 1. The van der Waals surface area contributed by atoms with Crippen LogP contribution in [0.1, 0.15) is 17.3 Å². The number of benzene rings is 3. The summed E-state index contributed by atoms with van der Waals surface area (Å²) in [6.45, 7) is 3.86. The summed E-state index contributed by atoms with van der Waals surface area (Å²) in [5.41, 5.74) is 1.72. The van der Waals surface area contributed by atoms with Crippen LogP contribution in [-0.2, 0) is 4.74 Å². The lowest BCUT2D eigenvalue weighted by Gasteiger charge is -2.29. The van der Waals surface area contributed by atoms with E-state index in [0.717, 1.165) is 22.1 Å². The summed E-state index contributed by atoms with van der Waals surface area (Å²) in [6.07, 6.45) is 0. The monoisotopic (exact) mass is 391 g/mol. The smallest absolute Gasteiger partial charge is 0.303 e. The number of nitro groups is 1. The van der Waals surface area contributed by atoms with Gasteiger partial charge in [-0.2, -0.15) is 0 Å². The lowest BCUT2D eigenvalue weighted by atomic mass is 10.0. The van der Waals surface area contributed by atoms with Crippen LogP contribution in [0.25, 0.3) is 10.8 Å². The summed E-state index contributed by atoms with van der Waals surface area (Å²) in [5, 5.41) is 17.1. The van der Waals surface area contributed by atoms with E-state index in [1.807, 2.05) is 42.5 Å². The van der Waals surface area contributed by atoms with Gasteiger partial charge in [-0.3, -0.25) is 14.9 Å². The standard InChI is InChI=1S/C22H21N3O4/c1-15(26)19-13-17(24-9-11-29-12-10-24)14-21(22(19)25(27)28)23-20-8-4-6-16-5-2-3-7-18(16)20/h2-8,13-14,23H,9-12H2,1H3. The molecule has 0 aliphatic carbocycles. The number of rotatable bonds is 5. The molecule has 0 unspecified atom stereocenters. The van der Waals surface area contributed by atoms with Crippen LogP contribution in [0, 0.1) is 10.1 Å². The first kappa shape index (κ1) is 18.9. The maximum atomic E-state index is 12.2. The van der Waals surface area contributed by atoms with E-state index in [9.17, 15) is 14.9 Å². The molecule has 4 rings (SSSR count). The van der Waals surface area contributed by atoms with Crippen molar-refractivity contribution in [3.05, 3.63) is 70.3 Å². The molecule has 0 atom stereocenters. The van der Waals surface area contributed by atoms with E-state index in [2.05, 4.69) is 10.2 Å². The first-order valence-electron chi connectivity index (χ1n) is 9.45. The van der Waals surface area contributed by atoms with Crippen molar-refractivity contribution in [3.8, 4) is 0 Å². The largest absolute Gasteiger partial charge is 0.378 e. The van der Waals surface area contributed by atoms with Crippen LogP contribution in [0.15, 0.2) is 54.6 Å². The highest BCUT2D eigenvalue weighted by atomic mass is 16.6. The Balaban J connectivity index is 1.86. The Morgan fingerprint density at radius 3 is 2.52 bits per heavy atom. The average Bonchev–Trinajstić information content (AvgIpc) is 2.74. The van der Waals surface area contributed by atoms with Gasteiger partial charge in [-0.1, -0.05) is 36.4 Å². The molecule has 1 fully saturated rings. The number of ether oxygens (including phenoxy) is 1. The Morgan fingerprint density at radius 2 is 1.79 bits per heavy atom. The molecule has 7 nitrogen and oxygen atoms in total. The SMILES string of the molecule is CC(=O)c1cc(N2CCOCC2)cc(Nc2cccc3ccccc23)c1[N+](=O)[O-]. The topological polar surface area (TPSA) is 84.7 Å². The molecular formula is C22H21N3O4. The van der Waals surface area contributed by atoms with Crippen molar-refractivity contribution in [1.82, 2.24) is 0 Å². The second-order valence-corrected chi connectivity index (χ2v) is 6.95. The van der Waals surface area contributed by atoms with E-state index >= 15 is 0 Å². The molecule has 0 aromatic heterocycles. The average molecular weight is 391 g/mol. The quantitative estimate of drug-likeness (QED) is 0.391. The summed E-state index contributed by atoms with van der Waals surface area (Å²) in [4.78, 5) is 25.7. The molecule has 3 aromatic rings. The van der Waals surface area contributed by atoms with Gasteiger partial charge in [0.05, 0.1) is 23.7 Å². The van der Waals surface area contributed by atoms with Crippen LogP contribution in [-0.4, -0.2) is 37.0 Å². The summed E-state index contributed by atoms with van der Waals surface area (Å²) in [7, 11) is 0. The Labute approximate surface area is 168 Å². The van der Waals surface area contributed by atoms with Gasteiger partial charge in [-0.15, -0.1) is 0 Å². The fourth-order valence-electron chi connectivity index (χ4n) is 3.66. The highest BCUT2D eigenvalue weighted by Crippen LogP contribution is 2.38. The zero-order valence-electron chi connectivity index (χ0n) is 16.1. The molecule has 0 saturated carbocycles. The molecule has 1 aliphatic heterocycles. The third kappa shape index (κ3) is 3.77. The molecule has 148 valence electrons. The minimum absolute atomic E-state index is 0.0988. The van der Waals surface area contributed by atoms with Gasteiger partial charge < -0.3 is 15.0 Å². The number of hydrogen-bond donors (Lipinski definition) is 1. The molecule has 3 aromatic carbocycles. The fourth-order valence-corrected chi connectivity index (χ4v) is 3.66. The summed E-state index contributed by atoms with van der Waals surface area (Å²) >= 11 is 0. The first-order valence-corrected chi connectivity index (χ1v) is 9.45. The number of carbonyl (C=O) groups excluding carboxylic acids is 1. The van der Waals surface area contributed by atoms with Crippen LogP contribution in [0.2, 0.25) is 0 Å². The summed E-state index contributed by atoms with van der Waals surface area (Å²) in [5.74, 6) is -0.340. The summed E-state index contributed by atoms with van der Waals surface area (Å²) in [6, 6.07) is 16.9. The molecule has 29 heavy (non-hydrogen) atoms. The Hall–Kier alpha value is -3.45. The van der Waals surface area contributed by atoms with Crippen LogP contribution < -0.4 is 10.2 Å². The third-order valence-electron chi connectivity index (χ3n) is 5.09. The van der Waals surface area contributed by atoms with Crippen molar-refractivity contribution in [3.63, 3.8) is 0 Å². The number of ketones is 1. The van der Waals surface area contributed by atoms with Crippen molar-refractivity contribution >= 4 is 39.3 Å². The van der Waals surface area contributed by atoms with Crippen molar-refractivity contribution in [2.45, 2.75) is 6.92 Å². The Bertz CT molecular complexity index is 1090. The van der Waals surface area contributed by atoms with Gasteiger partial charge in [0.15, 0.2) is 5.78 Å². The maximum absolute atomic E-state index is 12.2. The van der Waals surface area contributed by atoms with Gasteiger partial charge in [-0.05, 0) is 30.5 Å². The number of hydrogen-bond acceptors (Lipinski definition) is 6. The van der Waals surface area contributed by atoms with Crippen LogP contribution in [0.4, 0.5) is 22.7 Å². The number of carbonyl (C=O) groups is 1. The molecule has 7 heteroatoms. The number of nitrogens with zero attached hydrogens (tertiary/aromatic N) is 2. The van der Waals surface area contributed by atoms with Gasteiger partial charge in [-0.25, -0.2) is 0 Å². The number of nitrogens with one attached hydrogen (secondary N) is 1. The van der Waals surface area contributed by atoms with Gasteiger partial charge in [0.25, 0.3) is 0 Å². The normalized spacial score (nSPS) is 14.0. The molecule has 1 aliphatic rings. The molecule has 1 N–H and O–H groups in total. The lowest BCUT2D eigenvalue weighted by molar-refractivity contribution is -0.384. The number of Topliss-reactive ketones (excluding diaryl/α,β-unsaturated/α-hetero) is 1. The highest BCUT2D eigenvalue weighted by Gasteiger charge is 2.26. The highest BCUT2D eigenvalue weighted by molar-refractivity contribution is 6.03. The van der Waals surface area contributed by atoms with Crippen molar-refractivity contribution in [1.29, 1.82) is 0 Å². The van der Waals surface area contributed by atoms with Gasteiger partial charge in [0.2, 0.25) is 0 Å². The number of anilines is 3. The van der Waals surface area contributed by atoms with E-state index in [1.165, 1.54) is 6.92 Å². The Kier molecular flexibility index (Phi) is 5.14. The molecular weight excluding hydrogens is 370 g/mol. The van der Waals surface area contributed by atoms with Gasteiger partial charge >= 0.3 is 5.69 Å². The fraction of sp³-hybridized carbons (Fsp3) is 0.227. The van der Waals surface area contributed by atoms with E-state index in [4.69, 9.17) is 4.74 Å². The number of morpholine rings is 1. The minimum Gasteiger partial charge on any atom is -0.378 e. The van der Waals surface area contributed by atoms with Crippen molar-refractivity contribution < 1.29 is 14.5 Å². The Morgan fingerprint density at radius 1 is 1.07 bits per heavy atom. The van der Waals surface area contributed by atoms with E-state index < -0.39 is 4.92 Å². The van der Waals surface area contributed by atoms with Crippen LogP contribution in [0.3, 0.4) is 0 Å². The second kappa shape index (κ2) is 7.89. The van der Waals surface area contributed by atoms with Gasteiger partial charge in [0, 0.05) is 29.9 Å². The molecule has 0 amide bonds. The maximum Gasteiger partial charge on any atom is 0.303 e. The molecule has 1 saturated heterocycles. The van der Waals surface area contributed by atoms with Crippen LogP contribution in [0.5, 0.6) is 0 Å². The van der Waals surface area contributed by atoms with E-state index in [1.54, 1.807) is 12.1 Å². The second-order valence-electron chi connectivity index (χ2n) is 6.95. The van der Waals surface area contributed by atoms with Crippen molar-refractivity contribution in [2.75, 3.05) is 36.5 Å².